The molecule has 1 saturated carbocycles. The van der Waals surface area contributed by atoms with Gasteiger partial charge in [0, 0.05) is 18.3 Å². The van der Waals surface area contributed by atoms with Crippen molar-refractivity contribution in [2.75, 3.05) is 0 Å². The molecule has 5 heteroatoms. The van der Waals surface area contributed by atoms with Crippen molar-refractivity contribution in [2.24, 2.45) is 11.8 Å². The monoisotopic (exact) mass is 288 g/mol. The molecule has 0 aromatic heterocycles. The lowest BCUT2D eigenvalue weighted by atomic mass is 9.91. The zero-order valence-electron chi connectivity index (χ0n) is 13.7. The molecule has 2 fully saturated rings. The van der Waals surface area contributed by atoms with Crippen molar-refractivity contribution in [1.82, 2.24) is 0 Å². The van der Waals surface area contributed by atoms with Gasteiger partial charge in [-0.3, -0.25) is 4.79 Å². The number of hydrogen-bond donors (Lipinski definition) is 3. The van der Waals surface area contributed by atoms with Crippen molar-refractivity contribution in [3.05, 3.63) is 12.2 Å². The third kappa shape index (κ3) is 3.59. The van der Waals surface area contributed by atoms with Crippen LogP contribution in [0.3, 0.4) is 0 Å². The maximum absolute atomic E-state index is 11.3. The van der Waals surface area contributed by atoms with Gasteiger partial charge in [-0.05, 0) is 19.3 Å². The van der Waals surface area contributed by atoms with Gasteiger partial charge < -0.3 is 20.1 Å². The van der Waals surface area contributed by atoms with Crippen LogP contribution in [0.1, 0.15) is 39.0 Å². The van der Waals surface area contributed by atoms with E-state index in [1.54, 1.807) is 6.08 Å². The highest BCUT2D eigenvalue weighted by Crippen LogP contribution is 2.42. The highest BCUT2D eigenvalue weighted by Gasteiger charge is 2.48. The zero-order chi connectivity index (χ0) is 16.1. The van der Waals surface area contributed by atoms with Gasteiger partial charge in [0.15, 0.2) is 0 Å². The lowest BCUT2D eigenvalue weighted by Gasteiger charge is -2.16. The van der Waals surface area contributed by atoms with E-state index in [1.807, 2.05) is 13.0 Å². The lowest BCUT2D eigenvalue weighted by Crippen LogP contribution is -2.18. The summed E-state index contributed by atoms with van der Waals surface area (Å²) in [5.41, 5.74) is 0. The molecule has 1 aliphatic carbocycles. The number of ether oxygens (including phenoxy) is 1. The number of rotatable bonds is 8. The second-order valence-electron chi connectivity index (χ2n) is 5.81. The number of aliphatic hydroxyl groups excluding tert-OH is 3. The van der Waals surface area contributed by atoms with Gasteiger partial charge in [-0.15, -0.1) is 0 Å². The van der Waals surface area contributed by atoms with E-state index in [4.69, 9.17) is 7.60 Å². The Morgan fingerprint density at radius 3 is 3.05 bits per heavy atom. The summed E-state index contributed by atoms with van der Waals surface area (Å²) in [5, 5.41) is 19.3. The lowest BCUT2D eigenvalue weighted by molar-refractivity contribution is -0.141. The molecular weight excluding hydrogens is 260 g/mol. The predicted molar refractivity (Wildman–Crippen MR) is 72.8 cm³/mol. The number of carbonyl (C=O) groups is 1. The van der Waals surface area contributed by atoms with E-state index < -0.39 is 12.2 Å². The molecule has 2 aliphatic rings. The van der Waals surface area contributed by atoms with Crippen LogP contribution >= 0.6 is 0 Å². The summed E-state index contributed by atoms with van der Waals surface area (Å²) in [6, 6.07) is 0. The first-order valence-electron chi connectivity index (χ1n) is 8.20. The Morgan fingerprint density at radius 2 is 2.35 bits per heavy atom. The van der Waals surface area contributed by atoms with Crippen molar-refractivity contribution < 1.29 is 24.9 Å². The van der Waals surface area contributed by atoms with Crippen LogP contribution in [0.2, 0.25) is 0 Å². The minimum Gasteiger partial charge on any atom is -0.462 e. The van der Waals surface area contributed by atoms with Crippen LogP contribution in [0.25, 0.3) is 0 Å². The molecule has 5 nitrogen and oxygen atoms in total. The quantitative estimate of drug-likeness (QED) is 0.453. The van der Waals surface area contributed by atoms with E-state index >= 15 is 0 Å². The normalized spacial score (nSPS) is 37.4. The van der Waals surface area contributed by atoms with Crippen LogP contribution < -0.4 is 0 Å². The van der Waals surface area contributed by atoms with Crippen molar-refractivity contribution in [3.8, 4) is 0 Å². The van der Waals surface area contributed by atoms with Crippen molar-refractivity contribution in [1.29, 1.82) is 2.86 Å². The van der Waals surface area contributed by atoms with Crippen molar-refractivity contribution in [2.45, 2.75) is 63.4 Å². The van der Waals surface area contributed by atoms with Gasteiger partial charge in [0.05, 0.1) is 24.7 Å². The Hall–Kier alpha value is -0.910. The minimum absolute atomic E-state index is 0.0186. The van der Waals surface area contributed by atoms with E-state index in [9.17, 15) is 9.90 Å². The Morgan fingerprint density at radius 1 is 1.50 bits per heavy atom. The fourth-order valence-corrected chi connectivity index (χ4v) is 3.09. The number of aliphatic hydroxyl groups is 3. The summed E-state index contributed by atoms with van der Waals surface area (Å²) >= 11 is 0. The Labute approximate surface area is 122 Å². The van der Waals surface area contributed by atoms with Gasteiger partial charge in [0.2, 0.25) is 2.86 Å². The van der Waals surface area contributed by atoms with Crippen LogP contribution in [0, 0.1) is 11.8 Å². The second kappa shape index (κ2) is 6.70. The van der Waals surface area contributed by atoms with Gasteiger partial charge in [-0.25, -0.2) is 0 Å². The van der Waals surface area contributed by atoms with E-state index in [1.165, 1.54) is 0 Å². The molecular formula is C15H24O5. The zero-order valence-corrected chi connectivity index (χ0v) is 11.7. The molecule has 1 heterocycles. The maximum Gasteiger partial charge on any atom is 0.306 e. The summed E-state index contributed by atoms with van der Waals surface area (Å²) in [4.78, 5) is 11.3. The van der Waals surface area contributed by atoms with Crippen LogP contribution in [0.15, 0.2) is 12.2 Å². The van der Waals surface area contributed by atoms with E-state index in [2.05, 4.69) is 10.2 Å². The maximum atomic E-state index is 11.3. The van der Waals surface area contributed by atoms with Crippen LogP contribution in [0.4, 0.5) is 0 Å². The second-order valence-corrected chi connectivity index (χ2v) is 5.81. The summed E-state index contributed by atoms with van der Waals surface area (Å²) in [7, 11) is 0. The third-order valence-corrected chi connectivity index (χ3v) is 4.35. The summed E-state index contributed by atoms with van der Waals surface area (Å²) in [5.74, 6) is -0.319. The Bertz CT molecular complexity index is 399. The number of carbonyl (C=O) groups excluding carboxylic acids is 1. The molecule has 1 saturated heterocycles. The van der Waals surface area contributed by atoms with Gasteiger partial charge in [0.1, 0.15) is 6.10 Å². The number of esters is 1. The highest BCUT2D eigenvalue weighted by molar-refractivity contribution is 5.72. The van der Waals surface area contributed by atoms with E-state index in [-0.39, 0.29) is 30.0 Å². The molecule has 3 N–H and O–H groups in total. The molecule has 6 atom stereocenters. The molecule has 2 rings (SSSR count). The summed E-state index contributed by atoms with van der Waals surface area (Å²) in [6.45, 7) is 1.94. The smallest absolute Gasteiger partial charge is 0.306 e. The topological polar surface area (TPSA) is 87.0 Å². The van der Waals surface area contributed by atoms with Gasteiger partial charge in [-0.1, -0.05) is 19.1 Å². The molecule has 0 bridgehead atoms. The average molecular weight is 288 g/mol. The predicted octanol–water partition coefficient (Wildman–Crippen LogP) is 0.767. The molecule has 0 radical (unpaired) electrons. The third-order valence-electron chi connectivity index (χ3n) is 4.35. The number of fused-ring (bicyclic) bond motifs is 1. The molecule has 0 aromatic carbocycles. The van der Waals surface area contributed by atoms with Crippen molar-refractivity contribution in [3.63, 3.8) is 0 Å². The van der Waals surface area contributed by atoms with Crippen LogP contribution in [-0.2, 0) is 9.53 Å². The highest BCUT2D eigenvalue weighted by atomic mass is 16.6. The van der Waals surface area contributed by atoms with Crippen molar-refractivity contribution >= 4 is 5.97 Å². The van der Waals surface area contributed by atoms with E-state index in [0.29, 0.717) is 25.7 Å². The first-order valence-corrected chi connectivity index (χ1v) is 7.38. The average Bonchev–Trinajstić information content (AvgIpc) is 2.98. The standard InChI is InChI=1S/C15H24O5/c1-2-9(16)3-4-10(17)5-6-11-12-7-15(19)20-14(12)8-13(11)18/h5-6,9-14,16-18H,2-4,7-8H2,1H3/b6-5+/t9?,10?,11?,12?,13-,14-/m0/s1/i16T,17T. The molecule has 0 spiro atoms. The Kier molecular flexibility index (Phi) is 4.29. The summed E-state index contributed by atoms with van der Waals surface area (Å²) in [6.07, 6.45) is 5.10. The van der Waals surface area contributed by atoms with Gasteiger partial charge in [0.25, 0.3) is 0 Å². The molecule has 4 unspecified atom stereocenters. The minimum atomic E-state index is -0.523. The fraction of sp³-hybridized carbons (Fsp3) is 0.800. The first kappa shape index (κ1) is 12.8. The van der Waals surface area contributed by atoms with E-state index in [0.717, 1.165) is 6.42 Å². The van der Waals surface area contributed by atoms with Gasteiger partial charge >= 0.3 is 5.97 Å². The first-order chi connectivity index (χ1) is 10.6. The molecule has 1 aliphatic heterocycles. The molecule has 0 aromatic rings. The molecule has 114 valence electrons. The Balaban J connectivity index is 1.89. The largest absolute Gasteiger partial charge is 0.462 e. The van der Waals surface area contributed by atoms with Crippen LogP contribution in [-0.4, -0.2) is 48.6 Å². The molecule has 20 heavy (non-hydrogen) atoms. The van der Waals surface area contributed by atoms with Gasteiger partial charge in [-0.2, -0.15) is 0 Å². The molecule has 0 amide bonds. The van der Waals surface area contributed by atoms with Crippen LogP contribution in [0.5, 0.6) is 0 Å². The SMILES string of the molecule is [3H]OC(/C=C/C1C2CC(=O)O[C@H]2C[C@@H]1O)CCC(CC)O[3H]. The number of hydrogen-bond acceptors (Lipinski definition) is 5. The summed E-state index contributed by atoms with van der Waals surface area (Å²) < 4.78 is 19.3. The fourth-order valence-electron chi connectivity index (χ4n) is 3.09.